The van der Waals surface area contributed by atoms with Gasteiger partial charge < -0.3 is 4.74 Å². The van der Waals surface area contributed by atoms with Gasteiger partial charge >= 0.3 is 0 Å². The summed E-state index contributed by atoms with van der Waals surface area (Å²) in [6, 6.07) is 0.476. The molecule has 1 fully saturated rings. The molecule has 0 spiro atoms. The van der Waals surface area contributed by atoms with Crippen molar-refractivity contribution in [1.82, 2.24) is 5.01 Å². The molecule has 136 valence electrons. The fraction of sp³-hybridized carbons (Fsp3) is 0.947. The highest BCUT2D eigenvalue weighted by molar-refractivity contribution is 6.84. The fourth-order valence-electron chi connectivity index (χ4n) is 3.71. The molecular weight excluding hydrogens is 300 g/mol. The van der Waals surface area contributed by atoms with Crippen molar-refractivity contribution in [3.8, 4) is 0 Å². The first kappa shape index (κ1) is 20.7. The Labute approximate surface area is 145 Å². The first-order valence-corrected chi connectivity index (χ1v) is 12.6. The molecule has 1 heterocycles. The van der Waals surface area contributed by atoms with Crippen molar-refractivity contribution in [2.45, 2.75) is 96.4 Å². The number of nitrogens with zero attached hydrogens (tertiary/aromatic N) is 2. The molecule has 4 heteroatoms. The lowest BCUT2D eigenvalue weighted by Crippen LogP contribution is -2.45. The molecule has 1 aliphatic rings. The smallest absolute Gasteiger partial charge is 0.0704 e. The molecule has 23 heavy (non-hydrogen) atoms. The van der Waals surface area contributed by atoms with Gasteiger partial charge in [0.1, 0.15) is 0 Å². The van der Waals surface area contributed by atoms with Crippen molar-refractivity contribution in [1.29, 1.82) is 0 Å². The Hall–Kier alpha value is -0.353. The molecule has 0 unspecified atom stereocenters. The molecule has 0 bridgehead atoms. The maximum atomic E-state index is 5.40. The zero-order valence-electron chi connectivity index (χ0n) is 16.9. The van der Waals surface area contributed by atoms with E-state index in [-0.39, 0.29) is 0 Å². The molecule has 1 rings (SSSR count). The summed E-state index contributed by atoms with van der Waals surface area (Å²) in [4.78, 5) is 0. The summed E-state index contributed by atoms with van der Waals surface area (Å²) in [6.07, 6.45) is 6.01. The number of hydrazone groups is 1. The van der Waals surface area contributed by atoms with Crippen LogP contribution >= 0.6 is 0 Å². The highest BCUT2D eigenvalue weighted by Gasteiger charge is 2.43. The van der Waals surface area contributed by atoms with E-state index in [1.54, 1.807) is 7.11 Å². The maximum absolute atomic E-state index is 5.40. The standard InChI is InChI=1S/C19H40N2OSi/c1-9-12-17(18(10-2)23(7,8)19(3,4)5)20-21-14-11-13-16(21)15-22-6/h16,18H,9-15H2,1-8H3/t16-,18-/m0/s1. The largest absolute Gasteiger partial charge is 0.382 e. The molecule has 0 saturated carbocycles. The van der Waals surface area contributed by atoms with Crippen LogP contribution in [0.4, 0.5) is 0 Å². The second-order valence-electron chi connectivity index (χ2n) is 8.69. The average Bonchev–Trinajstić information content (AvgIpc) is 2.86. The quantitative estimate of drug-likeness (QED) is 0.428. The Balaban J connectivity index is 3.09. The molecule has 2 atom stereocenters. The lowest BCUT2D eigenvalue weighted by atomic mass is 10.1. The van der Waals surface area contributed by atoms with E-state index in [0.29, 0.717) is 16.6 Å². The predicted octanol–water partition coefficient (Wildman–Crippen LogP) is 5.54. The van der Waals surface area contributed by atoms with Gasteiger partial charge in [-0.2, -0.15) is 5.10 Å². The van der Waals surface area contributed by atoms with Gasteiger partial charge in [-0.05, 0) is 29.8 Å². The van der Waals surface area contributed by atoms with E-state index in [9.17, 15) is 0 Å². The van der Waals surface area contributed by atoms with E-state index < -0.39 is 8.07 Å². The van der Waals surface area contributed by atoms with Gasteiger partial charge in [-0.1, -0.05) is 60.6 Å². The number of rotatable bonds is 8. The second-order valence-corrected chi connectivity index (χ2v) is 14.3. The van der Waals surface area contributed by atoms with E-state index in [0.717, 1.165) is 19.6 Å². The third kappa shape index (κ3) is 5.06. The zero-order valence-corrected chi connectivity index (χ0v) is 17.9. The molecule has 0 amide bonds. The van der Waals surface area contributed by atoms with Gasteiger partial charge in [-0.25, -0.2) is 0 Å². The van der Waals surface area contributed by atoms with Crippen LogP contribution in [0.25, 0.3) is 0 Å². The summed E-state index contributed by atoms with van der Waals surface area (Å²) in [5, 5.41) is 7.96. The van der Waals surface area contributed by atoms with Crippen molar-refractivity contribution >= 4 is 13.8 Å². The van der Waals surface area contributed by atoms with E-state index >= 15 is 0 Å². The molecule has 1 aliphatic heterocycles. The third-order valence-corrected chi connectivity index (χ3v) is 12.4. The Morgan fingerprint density at radius 3 is 2.43 bits per heavy atom. The average molecular weight is 341 g/mol. The van der Waals surface area contributed by atoms with Crippen LogP contribution in [-0.2, 0) is 4.74 Å². The van der Waals surface area contributed by atoms with E-state index in [1.807, 2.05) is 0 Å². The molecule has 0 aromatic carbocycles. The van der Waals surface area contributed by atoms with Crippen molar-refractivity contribution < 1.29 is 4.74 Å². The van der Waals surface area contributed by atoms with Crippen LogP contribution in [0.2, 0.25) is 23.7 Å². The number of hydrogen-bond acceptors (Lipinski definition) is 3. The van der Waals surface area contributed by atoms with E-state index in [4.69, 9.17) is 9.84 Å². The molecule has 3 nitrogen and oxygen atoms in total. The summed E-state index contributed by atoms with van der Waals surface area (Å²) >= 11 is 0. The van der Waals surface area contributed by atoms with Crippen molar-refractivity contribution in [3.63, 3.8) is 0 Å². The highest BCUT2D eigenvalue weighted by Crippen LogP contribution is 2.46. The number of ether oxygens (including phenoxy) is 1. The number of methoxy groups -OCH3 is 1. The summed E-state index contributed by atoms with van der Waals surface area (Å²) in [5.74, 6) is 0. The van der Waals surface area contributed by atoms with Crippen molar-refractivity contribution in [2.75, 3.05) is 20.3 Å². The lowest BCUT2D eigenvalue weighted by molar-refractivity contribution is 0.117. The zero-order chi connectivity index (χ0) is 17.7. The summed E-state index contributed by atoms with van der Waals surface area (Å²) in [7, 11) is 0.367. The summed E-state index contributed by atoms with van der Waals surface area (Å²) in [6.45, 7) is 18.9. The van der Waals surface area contributed by atoms with Gasteiger partial charge in [0.15, 0.2) is 0 Å². The fourth-order valence-corrected chi connectivity index (χ4v) is 6.82. The molecule has 0 aromatic rings. The summed E-state index contributed by atoms with van der Waals surface area (Å²) < 4.78 is 5.40. The van der Waals surface area contributed by atoms with Crippen LogP contribution in [0.15, 0.2) is 5.10 Å². The molecular formula is C19H40N2OSi. The Morgan fingerprint density at radius 2 is 1.96 bits per heavy atom. The minimum atomic E-state index is -1.44. The SMILES string of the molecule is CCCC(=NN1CCC[C@H]1COC)[C@H](CC)[Si](C)(C)C(C)(C)C. The molecule has 0 aliphatic carbocycles. The van der Waals surface area contributed by atoms with E-state index in [1.165, 1.54) is 31.4 Å². The van der Waals surface area contributed by atoms with E-state index in [2.05, 4.69) is 52.7 Å². The molecule has 0 aromatic heterocycles. The van der Waals surface area contributed by atoms with Gasteiger partial charge in [0, 0.05) is 19.4 Å². The van der Waals surface area contributed by atoms with Crippen LogP contribution in [0, 0.1) is 0 Å². The topological polar surface area (TPSA) is 24.8 Å². The van der Waals surface area contributed by atoms with Gasteiger partial charge in [-0.15, -0.1) is 0 Å². The van der Waals surface area contributed by atoms with Crippen LogP contribution < -0.4 is 0 Å². The molecule has 0 radical (unpaired) electrons. The highest BCUT2D eigenvalue weighted by atomic mass is 28.3. The van der Waals surface area contributed by atoms with Gasteiger partial charge in [0.2, 0.25) is 0 Å². The second kappa shape index (κ2) is 8.66. The van der Waals surface area contributed by atoms with Crippen molar-refractivity contribution in [3.05, 3.63) is 0 Å². The first-order chi connectivity index (χ1) is 10.7. The Morgan fingerprint density at radius 1 is 1.30 bits per heavy atom. The summed E-state index contributed by atoms with van der Waals surface area (Å²) in [5.41, 5.74) is 2.14. The lowest BCUT2D eigenvalue weighted by Gasteiger charge is -2.44. The predicted molar refractivity (Wildman–Crippen MR) is 105 cm³/mol. The Bertz CT molecular complexity index is 387. The first-order valence-electron chi connectivity index (χ1n) is 9.51. The minimum Gasteiger partial charge on any atom is -0.382 e. The van der Waals surface area contributed by atoms with Crippen molar-refractivity contribution in [2.24, 2.45) is 5.10 Å². The maximum Gasteiger partial charge on any atom is 0.0704 e. The number of hydrogen-bond donors (Lipinski definition) is 0. The van der Waals surface area contributed by atoms with Gasteiger partial charge in [-0.3, -0.25) is 5.01 Å². The Kier molecular flexibility index (Phi) is 7.79. The van der Waals surface area contributed by atoms with Gasteiger partial charge in [0.05, 0.1) is 20.7 Å². The van der Waals surface area contributed by atoms with Crippen LogP contribution in [0.3, 0.4) is 0 Å². The van der Waals surface area contributed by atoms with Crippen LogP contribution in [-0.4, -0.2) is 45.1 Å². The minimum absolute atomic E-state index is 0.402. The van der Waals surface area contributed by atoms with Crippen LogP contribution in [0.5, 0.6) is 0 Å². The molecule has 0 N–H and O–H groups in total. The molecule has 1 saturated heterocycles. The normalized spacial score (nSPS) is 21.8. The van der Waals surface area contributed by atoms with Gasteiger partial charge in [0.25, 0.3) is 0 Å². The monoisotopic (exact) mass is 340 g/mol. The van der Waals surface area contributed by atoms with Crippen LogP contribution in [0.1, 0.15) is 66.7 Å². The third-order valence-electron chi connectivity index (χ3n) is 6.08.